The van der Waals surface area contributed by atoms with Crippen LogP contribution in [0.25, 0.3) is 0 Å². The first-order valence-corrected chi connectivity index (χ1v) is 10.5. The van der Waals surface area contributed by atoms with E-state index >= 15 is 0 Å². The third kappa shape index (κ3) is 6.66. The highest BCUT2D eigenvalue weighted by Gasteiger charge is 2.35. The van der Waals surface area contributed by atoms with Crippen molar-refractivity contribution in [1.82, 2.24) is 10.6 Å². The Morgan fingerprint density at radius 2 is 1.84 bits per heavy atom. The average molecular weight is 545 g/mol. The largest absolute Gasteiger partial charge is 0.463 e. The number of nitrogens with zero attached hydrogens (tertiary/aromatic N) is 1. The Bertz CT molecular complexity index is 846. The van der Waals surface area contributed by atoms with Gasteiger partial charge in [0, 0.05) is 31.7 Å². The van der Waals surface area contributed by atoms with Gasteiger partial charge in [-0.25, -0.2) is 9.38 Å². The fourth-order valence-electron chi connectivity index (χ4n) is 3.76. The molecular weight excluding hydrogens is 512 g/mol. The van der Waals surface area contributed by atoms with Gasteiger partial charge in [-0.2, -0.15) is 0 Å². The van der Waals surface area contributed by atoms with E-state index in [2.05, 4.69) is 15.6 Å². The number of hydrogen-bond donors (Lipinski definition) is 3. The van der Waals surface area contributed by atoms with Gasteiger partial charge in [0.2, 0.25) is 0 Å². The van der Waals surface area contributed by atoms with Gasteiger partial charge in [-0.15, -0.1) is 24.0 Å². The number of furan rings is 1. The van der Waals surface area contributed by atoms with Crippen LogP contribution < -0.4 is 10.6 Å². The maximum atomic E-state index is 13.4. The summed E-state index contributed by atoms with van der Waals surface area (Å²) in [7, 11) is 0. The standard InChI is InChI=1S/C23H32FN3O3.HI/c1-4-25-21(26-15-22(3,28)20-10-5-17(2)30-20)27-16-23(11-13-29-14-12-23)18-6-8-19(24)9-7-18;/h5-10,28H,4,11-16H2,1-3H3,(H2,25,26,27);1H. The van der Waals surface area contributed by atoms with Crippen LogP contribution in [0.1, 0.15) is 43.8 Å². The van der Waals surface area contributed by atoms with Gasteiger partial charge in [-0.3, -0.25) is 0 Å². The topological polar surface area (TPSA) is 79.0 Å². The lowest BCUT2D eigenvalue weighted by atomic mass is 9.74. The molecular formula is C23H33FIN3O3. The highest BCUT2D eigenvalue weighted by Crippen LogP contribution is 2.34. The molecule has 3 N–H and O–H groups in total. The molecule has 6 nitrogen and oxygen atoms in total. The van der Waals surface area contributed by atoms with E-state index in [1.54, 1.807) is 13.0 Å². The highest BCUT2D eigenvalue weighted by molar-refractivity contribution is 14.0. The summed E-state index contributed by atoms with van der Waals surface area (Å²) >= 11 is 0. The minimum Gasteiger partial charge on any atom is -0.463 e. The van der Waals surface area contributed by atoms with E-state index < -0.39 is 5.60 Å². The summed E-state index contributed by atoms with van der Waals surface area (Å²) < 4.78 is 24.6. The lowest BCUT2D eigenvalue weighted by Crippen LogP contribution is -2.48. The summed E-state index contributed by atoms with van der Waals surface area (Å²) in [5.74, 6) is 1.63. The third-order valence-electron chi connectivity index (χ3n) is 5.66. The zero-order valence-corrected chi connectivity index (χ0v) is 20.7. The van der Waals surface area contributed by atoms with Crippen LogP contribution >= 0.6 is 24.0 Å². The third-order valence-corrected chi connectivity index (χ3v) is 5.66. The molecule has 1 unspecified atom stereocenters. The van der Waals surface area contributed by atoms with E-state index in [-0.39, 0.29) is 41.8 Å². The van der Waals surface area contributed by atoms with E-state index in [1.807, 2.05) is 32.0 Å². The molecule has 172 valence electrons. The maximum Gasteiger partial charge on any atom is 0.191 e. The number of aryl methyl sites for hydroxylation is 1. The normalized spacial score (nSPS) is 18.0. The van der Waals surface area contributed by atoms with Crippen LogP contribution in [0, 0.1) is 12.7 Å². The van der Waals surface area contributed by atoms with Crippen molar-refractivity contribution in [2.24, 2.45) is 4.99 Å². The molecule has 1 saturated heterocycles. The molecule has 0 saturated carbocycles. The molecule has 31 heavy (non-hydrogen) atoms. The quantitative estimate of drug-likeness (QED) is 0.280. The molecule has 1 aliphatic heterocycles. The number of hydrogen-bond acceptors (Lipinski definition) is 4. The number of nitrogens with one attached hydrogen (secondary N) is 2. The van der Waals surface area contributed by atoms with Gasteiger partial charge in [0.25, 0.3) is 0 Å². The Hall–Kier alpha value is -1.65. The van der Waals surface area contributed by atoms with E-state index in [4.69, 9.17) is 9.15 Å². The van der Waals surface area contributed by atoms with Crippen LogP contribution in [0.2, 0.25) is 0 Å². The predicted molar refractivity (Wildman–Crippen MR) is 131 cm³/mol. The number of aliphatic hydroxyl groups is 1. The second kappa shape index (κ2) is 11.3. The molecule has 1 aromatic heterocycles. The van der Waals surface area contributed by atoms with Crippen LogP contribution in [0.5, 0.6) is 0 Å². The van der Waals surface area contributed by atoms with Gasteiger partial charge in [0.05, 0.1) is 6.54 Å². The van der Waals surface area contributed by atoms with Gasteiger partial charge in [0.15, 0.2) is 5.96 Å². The van der Waals surface area contributed by atoms with Gasteiger partial charge in [0.1, 0.15) is 22.9 Å². The fraction of sp³-hybridized carbons (Fsp3) is 0.522. The highest BCUT2D eigenvalue weighted by atomic mass is 127. The Morgan fingerprint density at radius 1 is 1.16 bits per heavy atom. The number of benzene rings is 1. The Morgan fingerprint density at radius 3 is 2.42 bits per heavy atom. The van der Waals surface area contributed by atoms with Gasteiger partial charge >= 0.3 is 0 Å². The molecule has 1 aromatic carbocycles. The fourth-order valence-corrected chi connectivity index (χ4v) is 3.76. The molecule has 1 atom stereocenters. The Kier molecular flexibility index (Phi) is 9.32. The summed E-state index contributed by atoms with van der Waals surface area (Å²) in [6.07, 6.45) is 1.68. The van der Waals surface area contributed by atoms with Gasteiger partial charge in [-0.1, -0.05) is 12.1 Å². The number of rotatable bonds is 7. The zero-order chi connectivity index (χ0) is 21.6. The van der Waals surface area contributed by atoms with Crippen LogP contribution in [0.3, 0.4) is 0 Å². The van der Waals surface area contributed by atoms with Crippen molar-refractivity contribution in [3.63, 3.8) is 0 Å². The SMILES string of the molecule is CCNC(=NCC(C)(O)c1ccc(C)o1)NCC1(c2ccc(F)cc2)CCOCC1.I. The van der Waals surface area contributed by atoms with Gasteiger partial charge in [-0.05, 0) is 63.4 Å². The first-order chi connectivity index (χ1) is 14.3. The second-order valence-electron chi connectivity index (χ2n) is 8.13. The average Bonchev–Trinajstić information content (AvgIpc) is 3.19. The molecule has 1 aliphatic rings. The Labute approximate surface area is 200 Å². The molecule has 0 amide bonds. The summed E-state index contributed by atoms with van der Waals surface area (Å²) in [4.78, 5) is 4.59. The van der Waals surface area contributed by atoms with Crippen LogP contribution in [0.15, 0.2) is 45.8 Å². The molecule has 1 fully saturated rings. The van der Waals surface area contributed by atoms with Crippen LogP contribution in [0.4, 0.5) is 4.39 Å². The zero-order valence-electron chi connectivity index (χ0n) is 18.4. The first-order valence-electron chi connectivity index (χ1n) is 10.5. The van der Waals surface area contributed by atoms with E-state index in [1.165, 1.54) is 12.1 Å². The van der Waals surface area contributed by atoms with Crippen LogP contribution in [-0.4, -0.2) is 43.9 Å². The number of halogens is 2. The molecule has 3 rings (SSSR count). The van der Waals surface area contributed by atoms with Crippen molar-refractivity contribution in [2.45, 2.75) is 44.6 Å². The second-order valence-corrected chi connectivity index (χ2v) is 8.13. The molecule has 2 heterocycles. The van der Waals surface area contributed by atoms with Crippen molar-refractivity contribution in [2.75, 3.05) is 32.8 Å². The molecule has 0 aliphatic carbocycles. The van der Waals surface area contributed by atoms with Crippen molar-refractivity contribution >= 4 is 29.9 Å². The number of guanidine groups is 1. The summed E-state index contributed by atoms with van der Waals surface area (Å²) in [6.45, 7) is 8.35. The van der Waals surface area contributed by atoms with Crippen molar-refractivity contribution in [3.8, 4) is 0 Å². The molecule has 8 heteroatoms. The molecule has 0 spiro atoms. The van der Waals surface area contributed by atoms with E-state index in [0.717, 1.165) is 24.2 Å². The summed E-state index contributed by atoms with van der Waals surface area (Å²) in [5, 5.41) is 17.4. The molecule has 0 bridgehead atoms. The van der Waals surface area contributed by atoms with Crippen molar-refractivity contribution in [3.05, 3.63) is 59.3 Å². The monoisotopic (exact) mass is 545 g/mol. The number of aliphatic imine (C=N–C) groups is 1. The Balaban J connectivity index is 0.00000341. The number of ether oxygens (including phenoxy) is 1. The van der Waals surface area contributed by atoms with E-state index in [9.17, 15) is 9.50 Å². The lowest BCUT2D eigenvalue weighted by molar-refractivity contribution is 0.0427. The van der Waals surface area contributed by atoms with E-state index in [0.29, 0.717) is 38.0 Å². The predicted octanol–water partition coefficient (Wildman–Crippen LogP) is 3.86. The smallest absolute Gasteiger partial charge is 0.191 e. The summed E-state index contributed by atoms with van der Waals surface area (Å²) in [5.41, 5.74) is -0.277. The van der Waals surface area contributed by atoms with Crippen LogP contribution in [-0.2, 0) is 15.8 Å². The molecule has 0 radical (unpaired) electrons. The van der Waals surface area contributed by atoms with Crippen molar-refractivity contribution < 1.29 is 18.7 Å². The minimum atomic E-state index is -1.20. The minimum absolute atomic E-state index is 0. The van der Waals surface area contributed by atoms with Gasteiger partial charge < -0.3 is 24.9 Å². The maximum absolute atomic E-state index is 13.4. The molecule has 2 aromatic rings. The first kappa shape index (κ1) is 25.6. The van der Waals surface area contributed by atoms with Crippen molar-refractivity contribution in [1.29, 1.82) is 0 Å². The summed E-state index contributed by atoms with van der Waals surface area (Å²) in [6, 6.07) is 10.3. The lowest BCUT2D eigenvalue weighted by Gasteiger charge is -2.38.